The molecule has 0 bridgehead atoms. The molecule has 254 valence electrons. The first-order valence-electron chi connectivity index (χ1n) is 18.1. The zero-order chi connectivity index (χ0) is 31.5. The molecule has 2 atom stereocenters. The molecule has 6 nitrogen and oxygen atoms in total. The number of unbranched alkanes of at least 4 members (excludes halogenated alkanes) is 20. The maximum atomic E-state index is 10.3. The Bertz CT molecular complexity index is 519. The van der Waals surface area contributed by atoms with Gasteiger partial charge in [0.05, 0.1) is 12.2 Å². The average molecular weight is 609 g/mol. The molecule has 0 spiro atoms. The maximum absolute atomic E-state index is 10.3. The standard InChI is InChI=1S/2C18H36O3.Li.H/c2*1-2-3-4-11-14-17(19)15-12-9-7-5-6-8-10-13-16-18(20)21;;/h2*17,19H,2-16H2,1H3,(H,20,21);;/q;;+1;-1. The number of aliphatic hydroxyl groups excluding tert-OH is 2. The molecule has 0 aromatic rings. The first-order valence-corrected chi connectivity index (χ1v) is 18.1. The van der Waals surface area contributed by atoms with Gasteiger partial charge in [0.25, 0.3) is 0 Å². The summed E-state index contributed by atoms with van der Waals surface area (Å²) in [5.74, 6) is -1.36. The Labute approximate surface area is 280 Å². The number of hydrogen-bond donors (Lipinski definition) is 4. The fraction of sp³-hybridized carbons (Fsp3) is 0.944. The first-order chi connectivity index (χ1) is 20.3. The minimum atomic E-state index is -0.678. The molecule has 0 amide bonds. The van der Waals surface area contributed by atoms with Gasteiger partial charge in [0.15, 0.2) is 0 Å². The van der Waals surface area contributed by atoms with Gasteiger partial charge in [-0.05, 0) is 38.5 Å². The van der Waals surface area contributed by atoms with Crippen molar-refractivity contribution in [3.63, 3.8) is 0 Å². The number of rotatable bonds is 32. The van der Waals surface area contributed by atoms with Crippen LogP contribution in [0.25, 0.3) is 0 Å². The third kappa shape index (κ3) is 46.0. The number of carboxylic acid groups (broad SMARTS) is 2. The van der Waals surface area contributed by atoms with E-state index >= 15 is 0 Å². The van der Waals surface area contributed by atoms with Crippen LogP contribution in [0.1, 0.15) is 208 Å². The second-order valence-corrected chi connectivity index (χ2v) is 12.5. The Morgan fingerprint density at radius 1 is 0.419 bits per heavy atom. The molecule has 0 saturated carbocycles. The monoisotopic (exact) mass is 609 g/mol. The molecule has 43 heavy (non-hydrogen) atoms. The summed E-state index contributed by atoms with van der Waals surface area (Å²) in [4.78, 5) is 20.7. The van der Waals surface area contributed by atoms with Crippen molar-refractivity contribution in [3.05, 3.63) is 0 Å². The van der Waals surface area contributed by atoms with Crippen LogP contribution in [0.4, 0.5) is 0 Å². The molecule has 0 rings (SSSR count). The van der Waals surface area contributed by atoms with Gasteiger partial charge in [-0.15, -0.1) is 0 Å². The number of aliphatic carboxylic acids is 2. The molecule has 0 heterocycles. The molecule has 0 aromatic carbocycles. The summed E-state index contributed by atoms with van der Waals surface area (Å²) in [6.07, 6.45) is 32.5. The zero-order valence-electron chi connectivity index (χ0n) is 30.0. The van der Waals surface area contributed by atoms with Gasteiger partial charge in [-0.1, -0.05) is 155 Å². The van der Waals surface area contributed by atoms with Gasteiger partial charge in [-0.2, -0.15) is 0 Å². The number of carboxylic acids is 2. The molecule has 2 unspecified atom stereocenters. The second-order valence-electron chi connectivity index (χ2n) is 12.5. The normalized spacial score (nSPS) is 12.2. The Kier molecular flexibility index (Phi) is 43.0. The van der Waals surface area contributed by atoms with Crippen molar-refractivity contribution in [3.8, 4) is 0 Å². The van der Waals surface area contributed by atoms with E-state index in [1.807, 2.05) is 0 Å². The maximum Gasteiger partial charge on any atom is 1.00 e. The summed E-state index contributed by atoms with van der Waals surface area (Å²) < 4.78 is 0. The largest absolute Gasteiger partial charge is 1.00 e. The van der Waals surface area contributed by atoms with E-state index in [1.165, 1.54) is 103 Å². The topological polar surface area (TPSA) is 115 Å². The van der Waals surface area contributed by atoms with Gasteiger partial charge < -0.3 is 21.9 Å². The fourth-order valence-electron chi connectivity index (χ4n) is 5.34. The summed E-state index contributed by atoms with van der Waals surface area (Å²) in [6, 6.07) is 0. The molecule has 4 N–H and O–H groups in total. The quantitative estimate of drug-likeness (QED) is 0.0459. The van der Waals surface area contributed by atoms with Crippen molar-refractivity contribution in [1.29, 1.82) is 0 Å². The van der Waals surface area contributed by atoms with Crippen LogP contribution < -0.4 is 18.9 Å². The van der Waals surface area contributed by atoms with Crippen LogP contribution in [0.2, 0.25) is 0 Å². The van der Waals surface area contributed by atoms with Crippen LogP contribution in [0.3, 0.4) is 0 Å². The Hall–Kier alpha value is -0.543. The summed E-state index contributed by atoms with van der Waals surface area (Å²) in [5.41, 5.74) is 0. The van der Waals surface area contributed by atoms with E-state index in [9.17, 15) is 19.8 Å². The molecule has 0 aliphatic heterocycles. The summed E-state index contributed by atoms with van der Waals surface area (Å²) in [7, 11) is 0. The van der Waals surface area contributed by atoms with Crippen LogP contribution in [-0.4, -0.2) is 44.6 Å². The van der Waals surface area contributed by atoms with Crippen LogP contribution in [0.15, 0.2) is 0 Å². The van der Waals surface area contributed by atoms with Crippen molar-refractivity contribution in [2.45, 2.75) is 219 Å². The second kappa shape index (κ2) is 39.5. The summed E-state index contributed by atoms with van der Waals surface area (Å²) in [6.45, 7) is 4.42. The van der Waals surface area contributed by atoms with Crippen LogP contribution in [0.5, 0.6) is 0 Å². The van der Waals surface area contributed by atoms with E-state index < -0.39 is 11.9 Å². The molecule has 7 heteroatoms. The fourth-order valence-corrected chi connectivity index (χ4v) is 5.34. The van der Waals surface area contributed by atoms with Gasteiger partial charge in [0.2, 0.25) is 0 Å². The number of carbonyl (C=O) groups is 2. The smallest absolute Gasteiger partial charge is 1.00 e. The third-order valence-corrected chi connectivity index (χ3v) is 8.14. The minimum absolute atomic E-state index is 0. The zero-order valence-corrected chi connectivity index (χ0v) is 29.0. The average Bonchev–Trinajstić information content (AvgIpc) is 2.95. The van der Waals surface area contributed by atoms with Crippen LogP contribution in [-0.2, 0) is 9.59 Å². The third-order valence-electron chi connectivity index (χ3n) is 8.14. The molecule has 0 aliphatic rings. The minimum Gasteiger partial charge on any atom is -1.00 e. The van der Waals surface area contributed by atoms with Crippen molar-refractivity contribution in [2.24, 2.45) is 0 Å². The molecular weight excluding hydrogens is 535 g/mol. The number of hydrogen-bond acceptors (Lipinski definition) is 4. The molecule has 0 fully saturated rings. The first kappa shape index (κ1) is 46.9. The molecule has 0 radical (unpaired) electrons. The van der Waals surface area contributed by atoms with E-state index in [0.717, 1.165) is 77.0 Å². The SMILES string of the molecule is CCCCCCC(O)CCCCCCCCCCC(=O)O.CCCCCCC(O)CCCCCCCCCCC(=O)O.[H-].[Li+]. The summed E-state index contributed by atoms with van der Waals surface area (Å²) >= 11 is 0. The van der Waals surface area contributed by atoms with E-state index in [2.05, 4.69) is 13.8 Å². The Morgan fingerprint density at radius 2 is 0.628 bits per heavy atom. The van der Waals surface area contributed by atoms with E-state index in [-0.39, 0.29) is 32.5 Å². The van der Waals surface area contributed by atoms with E-state index in [1.54, 1.807) is 0 Å². The Morgan fingerprint density at radius 3 is 0.860 bits per heavy atom. The molecule has 0 aromatic heterocycles. The van der Waals surface area contributed by atoms with Crippen LogP contribution in [0, 0.1) is 0 Å². The van der Waals surface area contributed by atoms with Gasteiger partial charge in [-0.3, -0.25) is 9.59 Å². The van der Waals surface area contributed by atoms with Crippen LogP contribution >= 0.6 is 0 Å². The number of aliphatic hydroxyl groups is 2. The van der Waals surface area contributed by atoms with Gasteiger partial charge in [-0.25, -0.2) is 0 Å². The van der Waals surface area contributed by atoms with Crippen molar-refractivity contribution in [2.75, 3.05) is 0 Å². The van der Waals surface area contributed by atoms with Gasteiger partial charge >= 0.3 is 30.8 Å². The summed E-state index contributed by atoms with van der Waals surface area (Å²) in [5, 5.41) is 36.7. The van der Waals surface area contributed by atoms with Crippen molar-refractivity contribution < 1.29 is 50.3 Å². The Balaban J connectivity index is -0.000000348. The predicted octanol–water partition coefficient (Wildman–Crippen LogP) is 7.72. The van der Waals surface area contributed by atoms with E-state index in [0.29, 0.717) is 12.8 Å². The van der Waals surface area contributed by atoms with E-state index in [4.69, 9.17) is 10.2 Å². The van der Waals surface area contributed by atoms with Gasteiger partial charge in [0.1, 0.15) is 0 Å². The predicted molar refractivity (Wildman–Crippen MR) is 178 cm³/mol. The van der Waals surface area contributed by atoms with Crippen molar-refractivity contribution >= 4 is 11.9 Å². The molecular formula is C36H73LiO6. The van der Waals surface area contributed by atoms with Gasteiger partial charge in [0, 0.05) is 12.8 Å². The molecule has 0 saturated heterocycles. The van der Waals surface area contributed by atoms with Crippen molar-refractivity contribution in [1.82, 2.24) is 0 Å². The molecule has 0 aliphatic carbocycles.